The molecule has 0 saturated heterocycles. The summed E-state index contributed by atoms with van der Waals surface area (Å²) in [5.41, 5.74) is -1.04. The zero-order valence-electron chi connectivity index (χ0n) is 8.99. The lowest BCUT2D eigenvalue weighted by Crippen LogP contribution is -2.38. The van der Waals surface area contributed by atoms with E-state index in [1.165, 1.54) is 0 Å². The normalized spacial score (nSPS) is 19.1. The molecule has 1 aliphatic rings. The largest absolute Gasteiger partial charge is 0.465 e. The third kappa shape index (κ3) is 2.28. The van der Waals surface area contributed by atoms with E-state index in [4.69, 9.17) is 4.74 Å². The van der Waals surface area contributed by atoms with Gasteiger partial charge in [0.15, 0.2) is 6.10 Å². The van der Waals surface area contributed by atoms with Crippen LogP contribution in [-0.4, -0.2) is 36.4 Å². The molecule has 0 aromatic rings. The van der Waals surface area contributed by atoms with Crippen LogP contribution in [0.15, 0.2) is 0 Å². The van der Waals surface area contributed by atoms with Crippen LogP contribution in [0.2, 0.25) is 0 Å². The van der Waals surface area contributed by atoms with E-state index in [9.17, 15) is 14.7 Å². The fourth-order valence-corrected chi connectivity index (χ4v) is 1.45. The predicted octanol–water partition coefficient (Wildman–Crippen LogP) is 0.254. The fourth-order valence-electron chi connectivity index (χ4n) is 1.45. The molecule has 1 atom stereocenters. The van der Waals surface area contributed by atoms with Crippen molar-refractivity contribution >= 4 is 11.9 Å². The quantitative estimate of drug-likeness (QED) is 0.667. The SMILES string of the molecule is CCOC(=O)[C@@H](O)C1(C(=O)OCC)CC1. The van der Waals surface area contributed by atoms with Crippen LogP contribution in [0.25, 0.3) is 0 Å². The molecule has 0 aliphatic heterocycles. The summed E-state index contributed by atoms with van der Waals surface area (Å²) in [5.74, 6) is -1.26. The van der Waals surface area contributed by atoms with Gasteiger partial charge in [0.05, 0.1) is 13.2 Å². The maximum absolute atomic E-state index is 11.5. The van der Waals surface area contributed by atoms with E-state index in [2.05, 4.69) is 4.74 Å². The minimum absolute atomic E-state index is 0.189. The number of hydrogen-bond acceptors (Lipinski definition) is 5. The number of ether oxygens (including phenoxy) is 2. The van der Waals surface area contributed by atoms with Gasteiger partial charge >= 0.3 is 11.9 Å². The van der Waals surface area contributed by atoms with Crippen LogP contribution < -0.4 is 0 Å². The Kier molecular flexibility index (Phi) is 3.68. The predicted molar refractivity (Wildman–Crippen MR) is 50.9 cm³/mol. The Balaban J connectivity index is 2.61. The summed E-state index contributed by atoms with van der Waals surface area (Å²) in [6.07, 6.45) is -0.436. The van der Waals surface area contributed by atoms with Crippen molar-refractivity contribution in [2.24, 2.45) is 5.41 Å². The molecule has 0 spiro atoms. The van der Waals surface area contributed by atoms with Gasteiger partial charge in [0.2, 0.25) is 0 Å². The van der Waals surface area contributed by atoms with Gasteiger partial charge in [-0.15, -0.1) is 0 Å². The number of hydrogen-bond donors (Lipinski definition) is 1. The number of aliphatic hydroxyl groups is 1. The van der Waals surface area contributed by atoms with Crippen molar-refractivity contribution in [3.05, 3.63) is 0 Å². The van der Waals surface area contributed by atoms with Crippen LogP contribution in [0, 0.1) is 5.41 Å². The first kappa shape index (κ1) is 12.0. The molecule has 1 N–H and O–H groups in total. The molecule has 0 aromatic heterocycles. The molecule has 0 aromatic carbocycles. The zero-order chi connectivity index (χ0) is 11.5. The first-order chi connectivity index (χ1) is 7.08. The number of esters is 2. The summed E-state index contributed by atoms with van der Waals surface area (Å²) < 4.78 is 9.47. The molecule has 0 heterocycles. The summed E-state index contributed by atoms with van der Waals surface area (Å²) >= 11 is 0. The number of aliphatic hydroxyl groups excluding tert-OH is 1. The van der Waals surface area contributed by atoms with Crippen molar-refractivity contribution in [1.82, 2.24) is 0 Å². The molecule has 1 saturated carbocycles. The van der Waals surface area contributed by atoms with Crippen molar-refractivity contribution in [3.63, 3.8) is 0 Å². The van der Waals surface area contributed by atoms with E-state index >= 15 is 0 Å². The highest BCUT2D eigenvalue weighted by Gasteiger charge is 2.60. The zero-order valence-corrected chi connectivity index (χ0v) is 8.99. The second kappa shape index (κ2) is 4.61. The van der Waals surface area contributed by atoms with E-state index in [0.29, 0.717) is 12.8 Å². The average molecular weight is 216 g/mol. The molecular formula is C10H16O5. The molecule has 0 radical (unpaired) electrons. The molecule has 15 heavy (non-hydrogen) atoms. The van der Waals surface area contributed by atoms with Crippen molar-refractivity contribution in [2.75, 3.05) is 13.2 Å². The Bertz CT molecular complexity index is 257. The number of carbonyl (C=O) groups is 2. The standard InChI is InChI=1S/C10H16O5/c1-3-14-8(12)7(11)10(5-6-10)9(13)15-4-2/h7,11H,3-6H2,1-2H3/t7-/m1/s1. The Morgan fingerprint density at radius 2 is 1.80 bits per heavy atom. The van der Waals surface area contributed by atoms with Gasteiger partial charge in [-0.3, -0.25) is 4.79 Å². The second-order valence-corrected chi connectivity index (χ2v) is 3.53. The Labute approximate surface area is 88.4 Å². The number of carbonyl (C=O) groups excluding carboxylic acids is 2. The van der Waals surface area contributed by atoms with Gasteiger partial charge in [0, 0.05) is 0 Å². The highest BCUT2D eigenvalue weighted by atomic mass is 16.6. The Morgan fingerprint density at radius 3 is 2.20 bits per heavy atom. The maximum atomic E-state index is 11.5. The van der Waals surface area contributed by atoms with Crippen LogP contribution in [0.1, 0.15) is 26.7 Å². The average Bonchev–Trinajstić information content (AvgIpc) is 2.98. The Morgan fingerprint density at radius 1 is 1.27 bits per heavy atom. The van der Waals surface area contributed by atoms with Gasteiger partial charge < -0.3 is 14.6 Å². The summed E-state index contributed by atoms with van der Waals surface area (Å²) in [7, 11) is 0. The van der Waals surface area contributed by atoms with Gasteiger partial charge in [-0.2, -0.15) is 0 Å². The minimum Gasteiger partial charge on any atom is -0.465 e. The second-order valence-electron chi connectivity index (χ2n) is 3.53. The number of rotatable bonds is 5. The first-order valence-corrected chi connectivity index (χ1v) is 5.10. The van der Waals surface area contributed by atoms with E-state index in [0.717, 1.165) is 0 Å². The van der Waals surface area contributed by atoms with Gasteiger partial charge in [-0.1, -0.05) is 0 Å². The summed E-state index contributed by atoms with van der Waals surface area (Å²) in [6, 6.07) is 0. The van der Waals surface area contributed by atoms with Crippen molar-refractivity contribution in [1.29, 1.82) is 0 Å². The lowest BCUT2D eigenvalue weighted by atomic mass is 9.99. The lowest BCUT2D eigenvalue weighted by molar-refractivity contribution is -0.168. The first-order valence-electron chi connectivity index (χ1n) is 5.10. The highest BCUT2D eigenvalue weighted by molar-refractivity contribution is 5.89. The maximum Gasteiger partial charge on any atom is 0.336 e. The molecule has 1 fully saturated rings. The fraction of sp³-hybridized carbons (Fsp3) is 0.800. The molecule has 0 amide bonds. The van der Waals surface area contributed by atoms with Crippen molar-refractivity contribution in [3.8, 4) is 0 Å². The van der Waals surface area contributed by atoms with Gasteiger partial charge in [0.25, 0.3) is 0 Å². The van der Waals surface area contributed by atoms with Crippen LogP contribution in [0.5, 0.6) is 0 Å². The van der Waals surface area contributed by atoms with E-state index in [1.807, 2.05) is 0 Å². The van der Waals surface area contributed by atoms with E-state index in [1.54, 1.807) is 13.8 Å². The molecule has 1 rings (SSSR count). The molecule has 5 heteroatoms. The third-order valence-corrected chi connectivity index (χ3v) is 2.50. The van der Waals surface area contributed by atoms with Gasteiger partial charge in [-0.25, -0.2) is 4.79 Å². The van der Waals surface area contributed by atoms with Crippen molar-refractivity contribution < 1.29 is 24.2 Å². The molecule has 86 valence electrons. The molecule has 1 aliphatic carbocycles. The topological polar surface area (TPSA) is 72.8 Å². The summed E-state index contributed by atoms with van der Waals surface area (Å²) in [6.45, 7) is 3.77. The Hall–Kier alpha value is -1.10. The van der Waals surface area contributed by atoms with Gasteiger partial charge in [0.1, 0.15) is 5.41 Å². The molecule has 5 nitrogen and oxygen atoms in total. The van der Waals surface area contributed by atoms with Crippen LogP contribution in [-0.2, 0) is 19.1 Å². The van der Waals surface area contributed by atoms with Gasteiger partial charge in [-0.05, 0) is 26.7 Å². The monoisotopic (exact) mass is 216 g/mol. The van der Waals surface area contributed by atoms with Crippen LogP contribution >= 0.6 is 0 Å². The van der Waals surface area contributed by atoms with E-state index < -0.39 is 23.5 Å². The molecule has 0 bridgehead atoms. The third-order valence-electron chi connectivity index (χ3n) is 2.50. The molecular weight excluding hydrogens is 200 g/mol. The van der Waals surface area contributed by atoms with Crippen LogP contribution in [0.4, 0.5) is 0 Å². The summed E-state index contributed by atoms with van der Waals surface area (Å²) in [5, 5.41) is 9.66. The van der Waals surface area contributed by atoms with Crippen molar-refractivity contribution in [2.45, 2.75) is 32.8 Å². The highest BCUT2D eigenvalue weighted by Crippen LogP contribution is 2.50. The lowest BCUT2D eigenvalue weighted by Gasteiger charge is -2.18. The smallest absolute Gasteiger partial charge is 0.336 e. The summed E-state index contributed by atoms with van der Waals surface area (Å²) in [4.78, 5) is 22.7. The minimum atomic E-state index is -1.39. The van der Waals surface area contributed by atoms with Crippen LogP contribution in [0.3, 0.4) is 0 Å². The van der Waals surface area contributed by atoms with E-state index in [-0.39, 0.29) is 13.2 Å². The molecule has 0 unspecified atom stereocenters.